The molecule has 0 aliphatic heterocycles. The predicted octanol–water partition coefficient (Wildman–Crippen LogP) is 6.84. The van der Waals surface area contributed by atoms with Crippen molar-refractivity contribution in [1.29, 1.82) is 0 Å². The zero-order chi connectivity index (χ0) is 17.7. The van der Waals surface area contributed by atoms with E-state index in [-0.39, 0.29) is 5.41 Å². The fourth-order valence-corrected chi connectivity index (χ4v) is 5.96. The van der Waals surface area contributed by atoms with Crippen molar-refractivity contribution in [3.05, 3.63) is 0 Å². The van der Waals surface area contributed by atoms with Gasteiger partial charge in [0, 0.05) is 5.41 Å². The van der Waals surface area contributed by atoms with E-state index in [1.807, 2.05) is 6.92 Å². The smallest absolute Gasteiger partial charge is 0.0297 e. The molecule has 0 heterocycles. The van der Waals surface area contributed by atoms with Gasteiger partial charge in [-0.25, -0.2) is 0 Å². The standard InChI is InChI=1S/C25H38/c1-4-5-6-17-25(3)18-15-24(16-19-25)23-13-11-22(12-14-23)21-9-7-20(2)8-10-21/h20-24H,7-16,18-19H2,1-3H3. The Balaban J connectivity index is 1.43. The van der Waals surface area contributed by atoms with Crippen molar-refractivity contribution in [2.45, 2.75) is 97.8 Å². The van der Waals surface area contributed by atoms with Gasteiger partial charge in [0.15, 0.2) is 0 Å². The second-order valence-electron chi connectivity index (χ2n) is 9.72. The molecule has 0 amide bonds. The lowest BCUT2D eigenvalue weighted by molar-refractivity contribution is 0.0990. The monoisotopic (exact) mass is 338 g/mol. The van der Waals surface area contributed by atoms with E-state index in [1.54, 1.807) is 0 Å². The Hall–Kier alpha value is -0.880. The van der Waals surface area contributed by atoms with E-state index in [4.69, 9.17) is 0 Å². The fraction of sp³-hybridized carbons (Fsp3) is 0.840. The Morgan fingerprint density at radius 2 is 1.08 bits per heavy atom. The molecule has 0 aromatic rings. The highest BCUT2D eigenvalue weighted by Crippen LogP contribution is 2.47. The Morgan fingerprint density at radius 1 is 0.640 bits per heavy atom. The summed E-state index contributed by atoms with van der Waals surface area (Å²) in [4.78, 5) is 0. The summed E-state index contributed by atoms with van der Waals surface area (Å²) < 4.78 is 0. The lowest BCUT2D eigenvalue weighted by Crippen LogP contribution is -2.31. The van der Waals surface area contributed by atoms with Gasteiger partial charge in [0.2, 0.25) is 0 Å². The maximum atomic E-state index is 3.45. The van der Waals surface area contributed by atoms with Gasteiger partial charge in [-0.15, -0.1) is 0 Å². The largest absolute Gasteiger partial charge is 0.0925 e. The van der Waals surface area contributed by atoms with Gasteiger partial charge < -0.3 is 0 Å². The van der Waals surface area contributed by atoms with Crippen LogP contribution in [0.3, 0.4) is 0 Å². The first kappa shape index (κ1) is 18.9. The SMILES string of the molecule is CC#CC#CC1(C)CCC(C2CCC(C3CCC(C)CC3)CC2)CC1. The third-order valence-corrected chi connectivity index (χ3v) is 7.90. The lowest BCUT2D eigenvalue weighted by atomic mass is 9.63. The van der Waals surface area contributed by atoms with Crippen LogP contribution in [0.1, 0.15) is 97.8 Å². The molecule has 0 unspecified atom stereocenters. The summed E-state index contributed by atoms with van der Waals surface area (Å²) in [6, 6.07) is 0. The van der Waals surface area contributed by atoms with Crippen LogP contribution in [0.15, 0.2) is 0 Å². The summed E-state index contributed by atoms with van der Waals surface area (Å²) in [5, 5.41) is 0. The van der Waals surface area contributed by atoms with Crippen LogP contribution in [-0.2, 0) is 0 Å². The second-order valence-corrected chi connectivity index (χ2v) is 9.72. The van der Waals surface area contributed by atoms with Crippen molar-refractivity contribution in [1.82, 2.24) is 0 Å². The molecule has 0 aromatic heterocycles. The van der Waals surface area contributed by atoms with Crippen LogP contribution in [-0.4, -0.2) is 0 Å². The van der Waals surface area contributed by atoms with Gasteiger partial charge in [0.05, 0.1) is 0 Å². The second kappa shape index (κ2) is 8.67. The average molecular weight is 339 g/mol. The minimum atomic E-state index is 0.232. The predicted molar refractivity (Wildman–Crippen MR) is 108 cm³/mol. The molecule has 0 heteroatoms. The minimum Gasteiger partial charge on any atom is -0.0925 e. The molecule has 25 heavy (non-hydrogen) atoms. The molecule has 3 saturated carbocycles. The topological polar surface area (TPSA) is 0 Å². The molecule has 0 N–H and O–H groups in total. The molecule has 0 atom stereocenters. The summed E-state index contributed by atoms with van der Waals surface area (Å²) >= 11 is 0. The van der Waals surface area contributed by atoms with Crippen molar-refractivity contribution in [3.63, 3.8) is 0 Å². The minimum absolute atomic E-state index is 0.232. The van der Waals surface area contributed by atoms with Gasteiger partial charge in [0.1, 0.15) is 0 Å². The Labute approximate surface area is 156 Å². The van der Waals surface area contributed by atoms with Crippen LogP contribution >= 0.6 is 0 Å². The van der Waals surface area contributed by atoms with Crippen molar-refractivity contribution >= 4 is 0 Å². The molecule has 3 fully saturated rings. The van der Waals surface area contributed by atoms with E-state index in [0.717, 1.165) is 29.6 Å². The van der Waals surface area contributed by atoms with Crippen LogP contribution in [0.4, 0.5) is 0 Å². The van der Waals surface area contributed by atoms with Gasteiger partial charge >= 0.3 is 0 Å². The molecule has 0 aromatic carbocycles. The van der Waals surface area contributed by atoms with Gasteiger partial charge in [-0.05, 0) is 119 Å². The van der Waals surface area contributed by atoms with Crippen LogP contribution in [0.2, 0.25) is 0 Å². The first-order chi connectivity index (χ1) is 12.1. The average Bonchev–Trinajstić information content (AvgIpc) is 2.63. The van der Waals surface area contributed by atoms with E-state index in [0.29, 0.717) is 0 Å². The summed E-state index contributed by atoms with van der Waals surface area (Å²) in [7, 11) is 0. The van der Waals surface area contributed by atoms with Crippen molar-refractivity contribution in [3.8, 4) is 23.7 Å². The van der Waals surface area contributed by atoms with Crippen LogP contribution in [0.25, 0.3) is 0 Å². The summed E-state index contributed by atoms with van der Waals surface area (Å²) in [5.41, 5.74) is 0.232. The molecular weight excluding hydrogens is 300 g/mol. The maximum absolute atomic E-state index is 3.45. The van der Waals surface area contributed by atoms with Crippen molar-refractivity contribution in [2.75, 3.05) is 0 Å². The highest BCUT2D eigenvalue weighted by atomic mass is 14.4. The molecule has 0 radical (unpaired) electrons. The number of hydrogen-bond acceptors (Lipinski definition) is 0. The Morgan fingerprint density at radius 3 is 1.56 bits per heavy atom. The molecule has 0 saturated heterocycles. The number of hydrogen-bond donors (Lipinski definition) is 0. The normalized spacial score (nSPS) is 41.8. The molecule has 0 nitrogen and oxygen atoms in total. The first-order valence-corrected chi connectivity index (χ1v) is 11.0. The zero-order valence-corrected chi connectivity index (χ0v) is 16.9. The molecule has 0 bridgehead atoms. The Kier molecular flexibility index (Phi) is 6.55. The van der Waals surface area contributed by atoms with Crippen molar-refractivity contribution < 1.29 is 0 Å². The summed E-state index contributed by atoms with van der Waals surface area (Å²) in [5.74, 6) is 17.5. The molecule has 138 valence electrons. The van der Waals surface area contributed by atoms with Gasteiger partial charge in [-0.3, -0.25) is 0 Å². The highest BCUT2D eigenvalue weighted by Gasteiger charge is 2.36. The summed E-state index contributed by atoms with van der Waals surface area (Å²) in [6.45, 7) is 6.68. The van der Waals surface area contributed by atoms with Crippen LogP contribution in [0.5, 0.6) is 0 Å². The first-order valence-electron chi connectivity index (χ1n) is 11.0. The third-order valence-electron chi connectivity index (χ3n) is 7.90. The van der Waals surface area contributed by atoms with E-state index >= 15 is 0 Å². The molecule has 3 rings (SSSR count). The highest BCUT2D eigenvalue weighted by molar-refractivity contribution is 5.28. The van der Waals surface area contributed by atoms with Gasteiger partial charge in [-0.2, -0.15) is 0 Å². The Bertz CT molecular complexity index is 524. The van der Waals surface area contributed by atoms with Crippen LogP contribution < -0.4 is 0 Å². The fourth-order valence-electron chi connectivity index (χ4n) is 5.96. The summed E-state index contributed by atoms with van der Waals surface area (Å²) in [6.07, 6.45) is 17.5. The molecule has 3 aliphatic rings. The molecular formula is C25H38. The quantitative estimate of drug-likeness (QED) is 0.483. The molecule has 0 spiro atoms. The van der Waals surface area contributed by atoms with Gasteiger partial charge in [-0.1, -0.05) is 31.6 Å². The lowest BCUT2D eigenvalue weighted by Gasteiger charge is -2.42. The molecule has 3 aliphatic carbocycles. The van der Waals surface area contributed by atoms with E-state index in [1.165, 1.54) is 77.0 Å². The zero-order valence-electron chi connectivity index (χ0n) is 16.9. The maximum Gasteiger partial charge on any atom is 0.0297 e. The number of rotatable bonds is 2. The van der Waals surface area contributed by atoms with E-state index in [2.05, 4.69) is 37.5 Å². The van der Waals surface area contributed by atoms with Crippen molar-refractivity contribution in [2.24, 2.45) is 35.0 Å². The van der Waals surface area contributed by atoms with Crippen LogP contribution in [0, 0.1) is 58.7 Å². The van der Waals surface area contributed by atoms with Gasteiger partial charge in [0.25, 0.3) is 0 Å². The van der Waals surface area contributed by atoms with E-state index in [9.17, 15) is 0 Å². The van der Waals surface area contributed by atoms with E-state index < -0.39 is 0 Å². The third kappa shape index (κ3) is 5.07.